The van der Waals surface area contributed by atoms with Crippen LogP contribution >= 0.6 is 11.3 Å². The van der Waals surface area contributed by atoms with Crippen LogP contribution in [0, 0.1) is 6.92 Å². The van der Waals surface area contributed by atoms with Gasteiger partial charge in [-0.25, -0.2) is 4.98 Å². The Morgan fingerprint density at radius 1 is 1.14 bits per heavy atom. The van der Waals surface area contributed by atoms with Crippen molar-refractivity contribution in [3.63, 3.8) is 0 Å². The quantitative estimate of drug-likeness (QED) is 0.415. The van der Waals surface area contributed by atoms with Crippen molar-refractivity contribution >= 4 is 23.2 Å². The number of hydrogen-bond acceptors (Lipinski definition) is 6. The average molecular weight is 423 g/mol. The van der Waals surface area contributed by atoms with Crippen LogP contribution in [0.4, 0.5) is 0 Å². The molecule has 29 heavy (non-hydrogen) atoms. The first-order chi connectivity index (χ1) is 14.1. The second-order valence-electron chi connectivity index (χ2n) is 8.20. The first-order valence-corrected chi connectivity index (χ1v) is 11.8. The molecule has 1 aromatic heterocycles. The average Bonchev–Trinajstić information content (AvgIpc) is 2.92. The summed E-state index contributed by atoms with van der Waals surface area (Å²) >= 11 is 1.52. The van der Waals surface area contributed by atoms with E-state index < -0.39 is 11.8 Å². The van der Waals surface area contributed by atoms with Crippen molar-refractivity contribution in [2.75, 3.05) is 13.2 Å². The van der Waals surface area contributed by atoms with E-state index in [-0.39, 0.29) is 24.7 Å². The third-order valence-electron chi connectivity index (χ3n) is 5.95. The molecule has 1 saturated carbocycles. The number of thiazole rings is 1. The minimum Gasteiger partial charge on any atom is -0.396 e. The highest BCUT2D eigenvalue weighted by Crippen LogP contribution is 2.29. The highest BCUT2D eigenvalue weighted by atomic mass is 32.1. The summed E-state index contributed by atoms with van der Waals surface area (Å²) in [5.41, 5.74) is 0.886. The summed E-state index contributed by atoms with van der Waals surface area (Å²) in [6.45, 7) is 2.90. The van der Waals surface area contributed by atoms with Crippen LogP contribution in [0.25, 0.3) is 0 Å². The van der Waals surface area contributed by atoms with Gasteiger partial charge in [0.1, 0.15) is 5.01 Å². The van der Waals surface area contributed by atoms with E-state index in [9.17, 15) is 14.7 Å². The predicted molar refractivity (Wildman–Crippen MR) is 114 cm³/mol. The molecular weight excluding hydrogens is 388 g/mol. The molecule has 3 rings (SSSR count). The fourth-order valence-corrected chi connectivity index (χ4v) is 5.47. The zero-order valence-electron chi connectivity index (χ0n) is 17.3. The highest BCUT2D eigenvalue weighted by molar-refractivity contribution is 7.11. The van der Waals surface area contributed by atoms with E-state index in [1.54, 1.807) is 0 Å². The lowest BCUT2D eigenvalue weighted by Crippen LogP contribution is -2.50. The Morgan fingerprint density at radius 3 is 2.52 bits per heavy atom. The molecule has 8 heteroatoms. The lowest BCUT2D eigenvalue weighted by Gasteiger charge is -2.30. The second kappa shape index (κ2) is 11.0. The molecule has 2 heterocycles. The molecule has 2 atom stereocenters. The summed E-state index contributed by atoms with van der Waals surface area (Å²) in [5.74, 6) is -1.12. The number of carbonyl (C=O) groups is 2. The molecule has 2 unspecified atom stereocenters. The van der Waals surface area contributed by atoms with E-state index in [4.69, 9.17) is 0 Å². The number of nitrogens with zero attached hydrogens (tertiary/aromatic N) is 1. The number of piperidine rings is 1. The third-order valence-corrected chi connectivity index (χ3v) is 7.25. The van der Waals surface area contributed by atoms with Crippen LogP contribution in [0.1, 0.15) is 79.4 Å². The van der Waals surface area contributed by atoms with E-state index in [1.165, 1.54) is 24.2 Å². The van der Waals surface area contributed by atoms with E-state index in [0.29, 0.717) is 6.42 Å². The number of nitrogens with one attached hydrogen (secondary N) is 3. The van der Waals surface area contributed by atoms with Gasteiger partial charge in [-0.3, -0.25) is 9.59 Å². The number of aromatic nitrogens is 1. The smallest absolute Gasteiger partial charge is 0.309 e. The van der Waals surface area contributed by atoms with Crippen molar-refractivity contribution < 1.29 is 14.7 Å². The number of rotatable bonds is 6. The fourth-order valence-electron chi connectivity index (χ4n) is 4.30. The Morgan fingerprint density at radius 2 is 1.86 bits per heavy atom. The van der Waals surface area contributed by atoms with Gasteiger partial charge in [0.05, 0.1) is 11.7 Å². The summed E-state index contributed by atoms with van der Waals surface area (Å²) in [6, 6.07) is -0.176. The molecule has 0 aromatic carbocycles. The van der Waals surface area contributed by atoms with E-state index in [1.807, 2.05) is 6.92 Å². The first kappa shape index (κ1) is 22.2. The van der Waals surface area contributed by atoms with Gasteiger partial charge in [-0.05, 0) is 39.2 Å². The van der Waals surface area contributed by atoms with Crippen LogP contribution in [-0.2, 0) is 16.0 Å². The third kappa shape index (κ3) is 6.23. The van der Waals surface area contributed by atoms with Gasteiger partial charge in [-0.2, -0.15) is 0 Å². The maximum Gasteiger partial charge on any atom is 0.309 e. The van der Waals surface area contributed by atoms with Crippen molar-refractivity contribution in [1.82, 2.24) is 20.9 Å². The SMILES string of the molecule is Cc1nc(C(NC(=O)C(=O)NC2CCCCCC2)C2CCCCN2)sc1CCO. The molecule has 2 aliphatic rings. The zero-order chi connectivity index (χ0) is 20.6. The van der Waals surface area contributed by atoms with E-state index in [0.717, 1.165) is 67.1 Å². The number of aliphatic hydroxyl groups excluding tert-OH is 1. The van der Waals surface area contributed by atoms with Crippen molar-refractivity contribution in [3.8, 4) is 0 Å². The van der Waals surface area contributed by atoms with Crippen molar-refractivity contribution in [2.45, 2.75) is 89.3 Å². The first-order valence-electron chi connectivity index (χ1n) is 11.0. The number of hydrogen-bond donors (Lipinski definition) is 4. The van der Waals surface area contributed by atoms with Crippen LogP contribution in [0.3, 0.4) is 0 Å². The standard InChI is InChI=1S/C21H34N4O3S/c1-14-17(11-13-26)29-21(23-14)18(16-10-6-7-12-22-16)25-20(28)19(27)24-15-8-4-2-3-5-9-15/h15-16,18,22,26H,2-13H2,1H3,(H,24,27)(H,25,28). The van der Waals surface area contributed by atoms with Crippen LogP contribution in [0.5, 0.6) is 0 Å². The summed E-state index contributed by atoms with van der Waals surface area (Å²) in [5, 5.41) is 19.5. The molecule has 1 saturated heterocycles. The molecule has 4 N–H and O–H groups in total. The highest BCUT2D eigenvalue weighted by Gasteiger charge is 2.31. The molecule has 0 bridgehead atoms. The molecule has 2 amide bonds. The second-order valence-corrected chi connectivity index (χ2v) is 9.32. The normalized spacial score (nSPS) is 21.9. The molecule has 1 aromatic rings. The maximum absolute atomic E-state index is 12.7. The van der Waals surface area contributed by atoms with Crippen molar-refractivity contribution in [2.24, 2.45) is 0 Å². The van der Waals surface area contributed by atoms with Crippen molar-refractivity contribution in [1.29, 1.82) is 0 Å². The van der Waals surface area contributed by atoms with Gasteiger partial charge < -0.3 is 21.1 Å². The van der Waals surface area contributed by atoms with Gasteiger partial charge in [0.2, 0.25) is 0 Å². The van der Waals surface area contributed by atoms with Gasteiger partial charge in [0.25, 0.3) is 0 Å². The molecule has 2 fully saturated rings. The Hall–Kier alpha value is -1.51. The van der Waals surface area contributed by atoms with Crippen LogP contribution < -0.4 is 16.0 Å². The number of aryl methyl sites for hydroxylation is 1. The van der Waals surface area contributed by atoms with Gasteiger partial charge in [0.15, 0.2) is 0 Å². The predicted octanol–water partition coefficient (Wildman–Crippen LogP) is 2.12. The molecular formula is C21H34N4O3S. The molecule has 0 radical (unpaired) electrons. The Labute approximate surface area is 177 Å². The molecule has 162 valence electrons. The van der Waals surface area contributed by atoms with Gasteiger partial charge in [-0.15, -0.1) is 11.3 Å². The van der Waals surface area contributed by atoms with Gasteiger partial charge in [0, 0.05) is 30.0 Å². The van der Waals surface area contributed by atoms with Gasteiger partial charge >= 0.3 is 11.8 Å². The van der Waals surface area contributed by atoms with Gasteiger partial charge in [-0.1, -0.05) is 32.1 Å². The van der Waals surface area contributed by atoms with Crippen LogP contribution in [0.2, 0.25) is 0 Å². The summed E-state index contributed by atoms with van der Waals surface area (Å²) in [7, 11) is 0. The lowest BCUT2D eigenvalue weighted by molar-refractivity contribution is -0.140. The van der Waals surface area contributed by atoms with Crippen LogP contribution in [-0.4, -0.2) is 47.1 Å². The number of aliphatic hydroxyl groups is 1. The minimum atomic E-state index is -0.580. The minimum absolute atomic E-state index is 0.0610. The Kier molecular flexibility index (Phi) is 8.44. The van der Waals surface area contributed by atoms with Crippen molar-refractivity contribution in [3.05, 3.63) is 15.6 Å². The fraction of sp³-hybridized carbons (Fsp3) is 0.762. The number of amides is 2. The molecule has 7 nitrogen and oxygen atoms in total. The Balaban J connectivity index is 1.69. The molecule has 1 aliphatic heterocycles. The van der Waals surface area contributed by atoms with E-state index >= 15 is 0 Å². The molecule has 1 aliphatic carbocycles. The van der Waals surface area contributed by atoms with E-state index in [2.05, 4.69) is 20.9 Å². The van der Waals surface area contributed by atoms with Crippen LogP contribution in [0.15, 0.2) is 0 Å². The Bertz CT molecular complexity index is 679. The monoisotopic (exact) mass is 422 g/mol. The maximum atomic E-state index is 12.7. The molecule has 0 spiro atoms. The largest absolute Gasteiger partial charge is 0.396 e. The topological polar surface area (TPSA) is 103 Å². The number of carbonyl (C=O) groups excluding carboxylic acids is 2. The zero-order valence-corrected chi connectivity index (χ0v) is 18.2. The lowest BCUT2D eigenvalue weighted by atomic mass is 9.98. The summed E-state index contributed by atoms with van der Waals surface area (Å²) < 4.78 is 0. The summed E-state index contributed by atoms with van der Waals surface area (Å²) in [4.78, 5) is 31.0. The summed E-state index contributed by atoms with van der Waals surface area (Å²) in [6.07, 6.45) is 10.2.